The first-order valence-electron chi connectivity index (χ1n) is 6.42. The van der Waals surface area contributed by atoms with Crippen LogP contribution < -0.4 is 4.72 Å². The van der Waals surface area contributed by atoms with Crippen LogP contribution in [0.1, 0.15) is 25.7 Å². The van der Waals surface area contributed by atoms with Crippen molar-refractivity contribution in [1.82, 2.24) is 4.72 Å². The Morgan fingerprint density at radius 1 is 1.40 bits per heavy atom. The van der Waals surface area contributed by atoms with Gasteiger partial charge in [0.25, 0.3) is 0 Å². The number of hydrogen-bond donors (Lipinski definition) is 1. The van der Waals surface area contributed by atoms with Gasteiger partial charge in [-0.1, -0.05) is 6.42 Å². The molecule has 3 nitrogen and oxygen atoms in total. The Morgan fingerprint density at radius 3 is 2.80 bits per heavy atom. The predicted octanol–water partition coefficient (Wildman–Crippen LogP) is 3.54. The van der Waals surface area contributed by atoms with E-state index in [0.29, 0.717) is 5.25 Å². The summed E-state index contributed by atoms with van der Waals surface area (Å²) in [4.78, 5) is -0.0236. The average molecular weight is 382 g/mol. The Morgan fingerprint density at radius 2 is 2.15 bits per heavy atom. The number of nitrogens with one attached hydrogen (secondary N) is 1. The molecule has 0 amide bonds. The van der Waals surface area contributed by atoms with Crippen molar-refractivity contribution >= 4 is 37.7 Å². The van der Waals surface area contributed by atoms with Gasteiger partial charge in [0.1, 0.15) is 5.82 Å². The molecule has 2 unspecified atom stereocenters. The van der Waals surface area contributed by atoms with E-state index in [9.17, 15) is 12.8 Å². The molecule has 0 aliphatic heterocycles. The topological polar surface area (TPSA) is 46.2 Å². The normalized spacial score (nSPS) is 23.8. The van der Waals surface area contributed by atoms with Gasteiger partial charge in [0.15, 0.2) is 0 Å². The number of benzene rings is 1. The third kappa shape index (κ3) is 3.96. The summed E-state index contributed by atoms with van der Waals surface area (Å²) in [5.41, 5.74) is 0. The highest BCUT2D eigenvalue weighted by Crippen LogP contribution is 2.28. The summed E-state index contributed by atoms with van der Waals surface area (Å²) in [5.74, 6) is -0.571. The molecule has 0 bridgehead atoms. The molecule has 0 radical (unpaired) electrons. The van der Waals surface area contributed by atoms with Crippen LogP contribution in [0.25, 0.3) is 0 Å². The Labute approximate surface area is 131 Å². The van der Waals surface area contributed by atoms with E-state index in [2.05, 4.69) is 20.7 Å². The zero-order valence-electron chi connectivity index (χ0n) is 11.1. The van der Waals surface area contributed by atoms with Crippen LogP contribution in [0.15, 0.2) is 27.6 Å². The van der Waals surface area contributed by atoms with Crippen LogP contribution >= 0.6 is 27.7 Å². The maximum Gasteiger partial charge on any atom is 0.240 e. The molecule has 1 aliphatic carbocycles. The van der Waals surface area contributed by atoms with E-state index >= 15 is 0 Å². The first-order chi connectivity index (χ1) is 9.42. The summed E-state index contributed by atoms with van der Waals surface area (Å²) in [6.45, 7) is 0. The molecule has 2 atom stereocenters. The zero-order valence-corrected chi connectivity index (χ0v) is 14.3. The van der Waals surface area contributed by atoms with Crippen LogP contribution in [0.3, 0.4) is 0 Å². The van der Waals surface area contributed by atoms with Crippen LogP contribution in [0.4, 0.5) is 4.39 Å². The highest BCUT2D eigenvalue weighted by atomic mass is 79.9. The fourth-order valence-electron chi connectivity index (χ4n) is 2.40. The van der Waals surface area contributed by atoms with Crippen molar-refractivity contribution in [1.29, 1.82) is 0 Å². The molecule has 0 aromatic heterocycles. The van der Waals surface area contributed by atoms with Gasteiger partial charge < -0.3 is 0 Å². The summed E-state index contributed by atoms with van der Waals surface area (Å²) in [6.07, 6.45) is 5.88. The van der Waals surface area contributed by atoms with Gasteiger partial charge in [-0.15, -0.1) is 0 Å². The molecule has 0 spiro atoms. The highest BCUT2D eigenvalue weighted by Gasteiger charge is 2.26. The molecule has 0 saturated heterocycles. The molecular weight excluding hydrogens is 365 g/mol. The molecule has 2 rings (SSSR count). The smallest absolute Gasteiger partial charge is 0.208 e. The Hall–Kier alpha value is -0.110. The van der Waals surface area contributed by atoms with E-state index in [-0.39, 0.29) is 15.4 Å². The number of rotatable bonds is 4. The second-order valence-electron chi connectivity index (χ2n) is 4.92. The average Bonchev–Trinajstić information content (AvgIpc) is 2.41. The predicted molar refractivity (Wildman–Crippen MR) is 84.0 cm³/mol. The number of halogens is 2. The minimum Gasteiger partial charge on any atom is -0.208 e. The van der Waals surface area contributed by atoms with Crippen LogP contribution in [0.5, 0.6) is 0 Å². The second-order valence-corrected chi connectivity index (χ2v) is 8.62. The Kier molecular flexibility index (Phi) is 5.50. The molecule has 1 saturated carbocycles. The second kappa shape index (κ2) is 6.77. The lowest BCUT2D eigenvalue weighted by Gasteiger charge is -2.28. The van der Waals surface area contributed by atoms with Gasteiger partial charge in [-0.25, -0.2) is 17.5 Å². The fourth-order valence-corrected chi connectivity index (χ4v) is 4.77. The van der Waals surface area contributed by atoms with Gasteiger partial charge in [-0.2, -0.15) is 11.8 Å². The van der Waals surface area contributed by atoms with Crippen LogP contribution in [0, 0.1) is 5.82 Å². The van der Waals surface area contributed by atoms with E-state index < -0.39 is 15.8 Å². The minimum absolute atomic E-state index is 0.0236. The molecule has 7 heteroatoms. The van der Waals surface area contributed by atoms with Crippen LogP contribution in [-0.2, 0) is 10.0 Å². The summed E-state index contributed by atoms with van der Waals surface area (Å²) in [5, 5.41) is 0.498. The number of hydrogen-bond acceptors (Lipinski definition) is 3. The van der Waals surface area contributed by atoms with Crippen molar-refractivity contribution in [2.45, 2.75) is 41.9 Å². The number of sulfonamides is 1. The summed E-state index contributed by atoms with van der Waals surface area (Å²) in [7, 11) is -3.65. The first kappa shape index (κ1) is 16.3. The van der Waals surface area contributed by atoms with Crippen molar-refractivity contribution in [3.8, 4) is 0 Å². The van der Waals surface area contributed by atoms with Gasteiger partial charge in [0, 0.05) is 11.3 Å². The molecule has 1 fully saturated rings. The molecule has 1 N–H and O–H groups in total. The molecule has 112 valence electrons. The van der Waals surface area contributed by atoms with Gasteiger partial charge in [0.2, 0.25) is 10.0 Å². The summed E-state index contributed by atoms with van der Waals surface area (Å²) < 4.78 is 40.9. The van der Waals surface area contributed by atoms with Crippen molar-refractivity contribution in [3.05, 3.63) is 28.5 Å². The standard InChI is InChI=1S/C13H17BrFNO2S2/c1-19-10-4-2-3-9(7-10)16-20(17,18)11-5-6-12(14)13(15)8-11/h5-6,8-10,16H,2-4,7H2,1H3. The molecule has 20 heavy (non-hydrogen) atoms. The first-order valence-corrected chi connectivity index (χ1v) is 9.99. The molecular formula is C13H17BrFNO2S2. The SMILES string of the molecule is CSC1CCCC(NS(=O)(=O)c2ccc(Br)c(F)c2)C1. The summed E-state index contributed by atoms with van der Waals surface area (Å²) in [6, 6.07) is 3.80. The lowest BCUT2D eigenvalue weighted by Crippen LogP contribution is -2.39. The fraction of sp³-hybridized carbons (Fsp3) is 0.538. The quantitative estimate of drug-likeness (QED) is 0.867. The van der Waals surface area contributed by atoms with Crippen molar-refractivity contribution < 1.29 is 12.8 Å². The van der Waals surface area contributed by atoms with Gasteiger partial charge in [-0.3, -0.25) is 0 Å². The van der Waals surface area contributed by atoms with E-state index in [1.54, 1.807) is 11.8 Å². The molecule has 0 heterocycles. The van der Waals surface area contributed by atoms with Crippen molar-refractivity contribution in [3.63, 3.8) is 0 Å². The lowest BCUT2D eigenvalue weighted by molar-refractivity contribution is 0.420. The molecule has 1 aromatic rings. The Balaban J connectivity index is 2.12. The summed E-state index contributed by atoms with van der Waals surface area (Å²) >= 11 is 4.79. The molecule has 1 aliphatic rings. The zero-order chi connectivity index (χ0) is 14.8. The largest absolute Gasteiger partial charge is 0.240 e. The van der Waals surface area contributed by atoms with Gasteiger partial charge >= 0.3 is 0 Å². The molecule has 1 aromatic carbocycles. The Bertz CT molecular complexity index is 580. The highest BCUT2D eigenvalue weighted by molar-refractivity contribution is 9.10. The minimum atomic E-state index is -3.65. The van der Waals surface area contributed by atoms with Gasteiger partial charge in [-0.05, 0) is 59.6 Å². The van der Waals surface area contributed by atoms with Gasteiger partial charge in [0.05, 0.1) is 9.37 Å². The van der Waals surface area contributed by atoms with E-state index in [1.165, 1.54) is 12.1 Å². The van der Waals surface area contributed by atoms with E-state index in [4.69, 9.17) is 0 Å². The third-order valence-electron chi connectivity index (χ3n) is 3.48. The maximum absolute atomic E-state index is 13.5. The van der Waals surface area contributed by atoms with E-state index in [1.807, 2.05) is 6.26 Å². The van der Waals surface area contributed by atoms with Crippen LogP contribution in [-0.4, -0.2) is 26.0 Å². The van der Waals surface area contributed by atoms with Crippen molar-refractivity contribution in [2.75, 3.05) is 6.26 Å². The maximum atomic E-state index is 13.5. The third-order valence-corrected chi connectivity index (χ3v) is 6.74. The number of thioether (sulfide) groups is 1. The van der Waals surface area contributed by atoms with E-state index in [0.717, 1.165) is 31.7 Å². The van der Waals surface area contributed by atoms with Crippen LogP contribution in [0.2, 0.25) is 0 Å². The monoisotopic (exact) mass is 381 g/mol. The van der Waals surface area contributed by atoms with Crippen molar-refractivity contribution in [2.24, 2.45) is 0 Å². The lowest BCUT2D eigenvalue weighted by atomic mass is 9.96.